The maximum Gasteiger partial charge on any atom is 0.511 e. The number of aromatic amines is 1. The van der Waals surface area contributed by atoms with Crippen LogP contribution in [0.15, 0.2) is 81.8 Å². The van der Waals surface area contributed by atoms with Gasteiger partial charge in [-0.05, 0) is 49.7 Å². The van der Waals surface area contributed by atoms with Crippen LogP contribution in [-0.4, -0.2) is 26.1 Å². The smallest absolute Gasteiger partial charge is 0.505 e. The van der Waals surface area contributed by atoms with Crippen LogP contribution < -0.4 is 10.3 Å². The highest BCUT2D eigenvalue weighted by molar-refractivity contribution is 5.77. The summed E-state index contributed by atoms with van der Waals surface area (Å²) in [5.74, 6) is -0.0493. The number of rotatable bonds is 5. The van der Waals surface area contributed by atoms with Crippen molar-refractivity contribution in [3.8, 4) is 28.3 Å². The molecule has 9 nitrogen and oxygen atoms in total. The zero-order valence-electron chi connectivity index (χ0n) is 17.8. The molecule has 166 valence electrons. The molecule has 0 saturated carbocycles. The number of aromatic nitrogens is 2. The molecule has 0 spiro atoms. The molecule has 0 saturated heterocycles. The Morgan fingerprint density at radius 1 is 1.00 bits per heavy atom. The Kier molecular flexibility index (Phi) is 5.77. The van der Waals surface area contributed by atoms with Crippen LogP contribution in [0.1, 0.15) is 11.3 Å². The van der Waals surface area contributed by atoms with E-state index in [2.05, 4.69) is 20.1 Å². The third-order valence-electron chi connectivity index (χ3n) is 4.96. The van der Waals surface area contributed by atoms with Crippen molar-refractivity contribution in [2.75, 3.05) is 0 Å². The van der Waals surface area contributed by atoms with Crippen molar-refractivity contribution < 1.29 is 19.7 Å². The van der Waals surface area contributed by atoms with Crippen LogP contribution in [0.2, 0.25) is 0 Å². The molecule has 33 heavy (non-hydrogen) atoms. The highest BCUT2D eigenvalue weighted by Crippen LogP contribution is 2.38. The van der Waals surface area contributed by atoms with Crippen LogP contribution in [0.25, 0.3) is 16.8 Å². The van der Waals surface area contributed by atoms with Gasteiger partial charge in [0.05, 0.1) is 11.4 Å². The van der Waals surface area contributed by atoms with E-state index in [1.165, 1.54) is 16.8 Å². The molecule has 9 heteroatoms. The molecule has 3 N–H and O–H groups in total. The summed E-state index contributed by atoms with van der Waals surface area (Å²) in [4.78, 5) is 23.6. The number of phenolic OH excluding ortho intramolecular Hbond substituents is 1. The normalized spacial score (nSPS) is 11.1. The number of carboxylic acid groups (broad SMARTS) is 1. The topological polar surface area (TPSA) is 129 Å². The SMILES string of the molecule is Cc1ccc(-n2[nH]c(C)c(N=Nc3cccc(-c4cccc(OC(=O)O)c4)c3O)c2=O)cc1. The van der Waals surface area contributed by atoms with Crippen LogP contribution >= 0.6 is 0 Å². The van der Waals surface area contributed by atoms with Crippen LogP contribution in [0, 0.1) is 13.8 Å². The van der Waals surface area contributed by atoms with Gasteiger partial charge in [-0.3, -0.25) is 9.89 Å². The fraction of sp³-hybridized carbons (Fsp3) is 0.0833. The zero-order valence-corrected chi connectivity index (χ0v) is 17.8. The average Bonchev–Trinajstić information content (AvgIpc) is 3.06. The fourth-order valence-corrected chi connectivity index (χ4v) is 3.31. The molecule has 0 aliphatic rings. The molecule has 0 bridgehead atoms. The largest absolute Gasteiger partial charge is 0.511 e. The second-order valence-electron chi connectivity index (χ2n) is 7.33. The van der Waals surface area contributed by atoms with E-state index in [0.29, 0.717) is 22.5 Å². The molecule has 1 aromatic heterocycles. The van der Waals surface area contributed by atoms with Gasteiger partial charge >= 0.3 is 6.16 Å². The van der Waals surface area contributed by atoms with Crippen molar-refractivity contribution in [2.24, 2.45) is 10.2 Å². The highest BCUT2D eigenvalue weighted by Gasteiger charge is 2.14. The van der Waals surface area contributed by atoms with E-state index in [9.17, 15) is 14.7 Å². The minimum Gasteiger partial charge on any atom is -0.505 e. The second kappa shape index (κ2) is 8.83. The van der Waals surface area contributed by atoms with Gasteiger partial charge in [0.1, 0.15) is 11.4 Å². The van der Waals surface area contributed by atoms with Crippen molar-refractivity contribution in [1.29, 1.82) is 0 Å². The van der Waals surface area contributed by atoms with Crippen LogP contribution in [0.3, 0.4) is 0 Å². The lowest BCUT2D eigenvalue weighted by molar-refractivity contribution is 0.144. The number of azo groups is 1. The molecule has 0 atom stereocenters. The number of aromatic hydroxyl groups is 1. The molecule has 4 aromatic rings. The third kappa shape index (κ3) is 4.52. The molecule has 4 rings (SSSR count). The Hall–Kier alpha value is -4.66. The lowest BCUT2D eigenvalue weighted by atomic mass is 10.0. The number of benzene rings is 3. The van der Waals surface area contributed by atoms with Crippen LogP contribution in [0.4, 0.5) is 16.2 Å². The number of nitrogens with zero attached hydrogens (tertiary/aromatic N) is 3. The summed E-state index contributed by atoms with van der Waals surface area (Å²) in [7, 11) is 0. The summed E-state index contributed by atoms with van der Waals surface area (Å²) < 4.78 is 6.06. The molecule has 3 aromatic carbocycles. The first-order chi connectivity index (χ1) is 15.8. The van der Waals surface area contributed by atoms with Crippen LogP contribution in [0.5, 0.6) is 11.5 Å². The van der Waals surface area contributed by atoms with Gasteiger partial charge in [0, 0.05) is 5.56 Å². The number of hydrogen-bond acceptors (Lipinski definition) is 6. The summed E-state index contributed by atoms with van der Waals surface area (Å²) in [6.45, 7) is 3.67. The standard InChI is InChI=1S/C24H20N4O5/c1-14-9-11-17(12-10-14)28-23(30)21(15(2)27-28)26-25-20-8-4-7-19(22(20)29)16-5-3-6-18(13-16)33-24(31)32/h3-13,27,29H,1-2H3,(H,31,32). The first kappa shape index (κ1) is 21.6. The van der Waals surface area contributed by atoms with Crippen LogP contribution in [-0.2, 0) is 0 Å². The molecule has 0 fully saturated rings. The van der Waals surface area contributed by atoms with Gasteiger partial charge in [-0.1, -0.05) is 42.0 Å². The molecular weight excluding hydrogens is 424 g/mol. The Morgan fingerprint density at radius 2 is 1.73 bits per heavy atom. The Morgan fingerprint density at radius 3 is 2.45 bits per heavy atom. The molecule has 0 aliphatic heterocycles. The monoisotopic (exact) mass is 444 g/mol. The molecule has 1 heterocycles. The van der Waals surface area contributed by atoms with E-state index in [0.717, 1.165) is 5.56 Å². The highest BCUT2D eigenvalue weighted by atomic mass is 16.7. The lowest BCUT2D eigenvalue weighted by Gasteiger charge is -2.08. The number of hydrogen-bond donors (Lipinski definition) is 3. The van der Waals surface area contributed by atoms with Gasteiger partial charge in [-0.15, -0.1) is 10.2 Å². The average molecular weight is 444 g/mol. The predicted octanol–water partition coefficient (Wildman–Crippen LogP) is 5.63. The van der Waals surface area contributed by atoms with E-state index < -0.39 is 6.16 Å². The quantitative estimate of drug-likeness (QED) is 0.209. The number of phenols is 1. The first-order valence-electron chi connectivity index (χ1n) is 9.97. The Labute approximate surface area is 188 Å². The second-order valence-corrected chi connectivity index (χ2v) is 7.33. The summed E-state index contributed by atoms with van der Waals surface area (Å²) >= 11 is 0. The zero-order chi connectivity index (χ0) is 23.5. The number of nitrogens with one attached hydrogen (secondary N) is 1. The van der Waals surface area contributed by atoms with Crippen molar-refractivity contribution in [1.82, 2.24) is 9.78 Å². The summed E-state index contributed by atoms with van der Waals surface area (Å²) in [5.41, 5.74) is 3.12. The van der Waals surface area contributed by atoms with Gasteiger partial charge in [0.25, 0.3) is 5.56 Å². The van der Waals surface area contributed by atoms with Gasteiger partial charge in [0.2, 0.25) is 0 Å². The lowest BCUT2D eigenvalue weighted by Crippen LogP contribution is -2.13. The summed E-state index contributed by atoms with van der Waals surface area (Å²) in [5, 5.41) is 30.7. The number of aryl methyl sites for hydroxylation is 2. The van der Waals surface area contributed by atoms with E-state index >= 15 is 0 Å². The van der Waals surface area contributed by atoms with Gasteiger partial charge in [0.15, 0.2) is 11.4 Å². The fourth-order valence-electron chi connectivity index (χ4n) is 3.31. The maximum absolute atomic E-state index is 12.8. The van der Waals surface area contributed by atoms with Crippen molar-refractivity contribution in [3.05, 3.63) is 88.3 Å². The minimum atomic E-state index is -1.43. The van der Waals surface area contributed by atoms with Crippen molar-refractivity contribution >= 4 is 17.5 Å². The summed E-state index contributed by atoms with van der Waals surface area (Å²) in [6.07, 6.45) is -1.43. The molecule has 0 unspecified atom stereocenters. The van der Waals surface area contributed by atoms with E-state index in [1.807, 2.05) is 31.2 Å². The molecule has 0 amide bonds. The molecular formula is C24H20N4O5. The Balaban J connectivity index is 1.67. The number of carbonyl (C=O) groups is 1. The predicted molar refractivity (Wildman–Crippen MR) is 122 cm³/mol. The minimum absolute atomic E-state index is 0.117. The molecule has 0 aliphatic carbocycles. The van der Waals surface area contributed by atoms with E-state index in [1.54, 1.807) is 37.3 Å². The number of ether oxygens (including phenoxy) is 1. The van der Waals surface area contributed by atoms with Gasteiger partial charge in [-0.25, -0.2) is 9.48 Å². The van der Waals surface area contributed by atoms with Crippen molar-refractivity contribution in [3.63, 3.8) is 0 Å². The molecule has 0 radical (unpaired) electrons. The number of H-pyrrole nitrogens is 1. The maximum atomic E-state index is 12.8. The van der Waals surface area contributed by atoms with E-state index in [4.69, 9.17) is 5.11 Å². The van der Waals surface area contributed by atoms with E-state index in [-0.39, 0.29) is 28.4 Å². The first-order valence-corrected chi connectivity index (χ1v) is 9.97. The number of para-hydroxylation sites is 1. The van der Waals surface area contributed by atoms with Gasteiger partial charge in [-0.2, -0.15) is 0 Å². The third-order valence-corrected chi connectivity index (χ3v) is 4.96. The van der Waals surface area contributed by atoms with Gasteiger partial charge < -0.3 is 14.9 Å². The summed E-state index contributed by atoms with van der Waals surface area (Å²) in [6, 6.07) is 18.6. The van der Waals surface area contributed by atoms with Crippen molar-refractivity contribution in [2.45, 2.75) is 13.8 Å². The Bertz CT molecular complexity index is 1420.